The predicted molar refractivity (Wildman–Crippen MR) is 124 cm³/mol. The van der Waals surface area contributed by atoms with Crippen molar-refractivity contribution in [3.05, 3.63) is 78.0 Å². The van der Waals surface area contributed by atoms with Gasteiger partial charge in [-0.1, -0.05) is 24.3 Å². The number of carbonyl (C=O) groups is 1. The van der Waals surface area contributed by atoms with Crippen LogP contribution in [0, 0.1) is 0 Å². The van der Waals surface area contributed by atoms with Crippen LogP contribution in [0.3, 0.4) is 0 Å². The number of carbonyl (C=O) groups excluding carboxylic acids is 1. The number of fused-ring (bicyclic) bond motifs is 3. The molecule has 5 rings (SSSR count). The molecule has 1 N–H and O–H groups in total. The summed E-state index contributed by atoms with van der Waals surface area (Å²) in [7, 11) is 3.25. The lowest BCUT2D eigenvalue weighted by Gasteiger charge is -2.13. The van der Waals surface area contributed by atoms with Gasteiger partial charge in [0.15, 0.2) is 11.5 Å². The van der Waals surface area contributed by atoms with Gasteiger partial charge in [0.1, 0.15) is 17.2 Å². The second-order valence-electron chi connectivity index (χ2n) is 7.51. The minimum absolute atomic E-state index is 0.153. The van der Waals surface area contributed by atoms with Crippen LogP contribution < -0.4 is 24.3 Å². The smallest absolute Gasteiger partial charge is 0.270 e. The molecule has 3 aromatic carbocycles. The number of ether oxygens (including phenoxy) is 4. The van der Waals surface area contributed by atoms with Crippen LogP contribution in [0.2, 0.25) is 0 Å². The first-order chi connectivity index (χ1) is 16.2. The zero-order valence-corrected chi connectivity index (χ0v) is 18.3. The fraction of sp³-hybridized carbons (Fsp3) is 0.154. The number of nitrogens with one attached hydrogen (secondary N) is 1. The number of rotatable bonds is 6. The topological polar surface area (TPSA) is 78.9 Å². The van der Waals surface area contributed by atoms with Gasteiger partial charge in [-0.2, -0.15) is 0 Å². The molecule has 1 aromatic heterocycles. The van der Waals surface area contributed by atoms with Crippen LogP contribution >= 0.6 is 0 Å². The molecule has 0 saturated heterocycles. The Hall–Kier alpha value is -4.26. The average Bonchev–Trinajstić information content (AvgIpc) is 3.36. The molecule has 0 aliphatic carbocycles. The van der Waals surface area contributed by atoms with Crippen molar-refractivity contribution in [1.82, 2.24) is 10.3 Å². The summed E-state index contributed by atoms with van der Waals surface area (Å²) in [6, 6.07) is 20.6. The Morgan fingerprint density at radius 3 is 2.33 bits per heavy atom. The van der Waals surface area contributed by atoms with Crippen molar-refractivity contribution < 1.29 is 23.7 Å². The van der Waals surface area contributed by atoms with Gasteiger partial charge in [-0.05, 0) is 59.2 Å². The van der Waals surface area contributed by atoms with Crippen molar-refractivity contribution >= 4 is 16.8 Å². The molecule has 166 valence electrons. The third-order valence-electron chi connectivity index (χ3n) is 5.55. The highest BCUT2D eigenvalue weighted by molar-refractivity contribution is 6.05. The van der Waals surface area contributed by atoms with E-state index in [1.54, 1.807) is 20.3 Å². The first kappa shape index (κ1) is 20.6. The molecular weight excluding hydrogens is 420 g/mol. The van der Waals surface area contributed by atoms with E-state index >= 15 is 0 Å². The lowest BCUT2D eigenvalue weighted by molar-refractivity contribution is 0.0946. The minimum Gasteiger partial charge on any atom is -0.497 e. The van der Waals surface area contributed by atoms with Crippen LogP contribution in [0.15, 0.2) is 66.7 Å². The molecule has 2 heterocycles. The summed E-state index contributed by atoms with van der Waals surface area (Å²) < 4.78 is 21.8. The van der Waals surface area contributed by atoms with Crippen LogP contribution in [0.25, 0.3) is 22.0 Å². The van der Waals surface area contributed by atoms with Crippen molar-refractivity contribution in [2.45, 2.75) is 6.54 Å². The zero-order valence-electron chi connectivity index (χ0n) is 18.3. The van der Waals surface area contributed by atoms with Crippen LogP contribution in [-0.4, -0.2) is 31.9 Å². The predicted octanol–water partition coefficient (Wildman–Crippen LogP) is 4.58. The van der Waals surface area contributed by atoms with Crippen molar-refractivity contribution in [3.8, 4) is 34.1 Å². The van der Waals surface area contributed by atoms with Gasteiger partial charge in [0.2, 0.25) is 6.79 Å². The standard InChI is InChI=1S/C26H22N2O5/c1-30-18-7-3-16(4-8-18)14-27-26(29)22-13-20(17-5-9-19(31-2)10-6-17)24-21(28-22)11-12-23-25(24)33-15-32-23/h3-13H,14-15H2,1-2H3,(H,27,29). The summed E-state index contributed by atoms with van der Waals surface area (Å²) in [6.07, 6.45) is 0. The highest BCUT2D eigenvalue weighted by Crippen LogP contribution is 2.43. The number of pyridine rings is 1. The molecule has 7 heteroatoms. The normalized spacial score (nSPS) is 11.9. The van der Waals surface area contributed by atoms with Crippen molar-refractivity contribution in [1.29, 1.82) is 0 Å². The number of aromatic nitrogens is 1. The number of amides is 1. The van der Waals surface area contributed by atoms with Crippen LogP contribution in [0.1, 0.15) is 16.1 Å². The largest absolute Gasteiger partial charge is 0.497 e. The Kier molecular flexibility index (Phi) is 5.44. The van der Waals surface area contributed by atoms with E-state index in [4.69, 9.17) is 18.9 Å². The fourth-order valence-electron chi connectivity index (χ4n) is 3.82. The number of hydrogen-bond donors (Lipinski definition) is 1. The molecule has 0 unspecified atom stereocenters. The van der Waals surface area contributed by atoms with E-state index in [0.717, 1.165) is 33.6 Å². The molecule has 4 aromatic rings. The quantitative estimate of drug-likeness (QED) is 0.471. The maximum atomic E-state index is 13.0. The van der Waals surface area contributed by atoms with Crippen molar-refractivity contribution in [3.63, 3.8) is 0 Å². The number of hydrogen-bond acceptors (Lipinski definition) is 6. The zero-order chi connectivity index (χ0) is 22.8. The Bertz CT molecular complexity index is 1320. The average molecular weight is 442 g/mol. The maximum Gasteiger partial charge on any atom is 0.270 e. The highest BCUT2D eigenvalue weighted by Gasteiger charge is 2.22. The van der Waals surface area contributed by atoms with Gasteiger partial charge in [0.05, 0.1) is 25.1 Å². The van der Waals surface area contributed by atoms with Crippen LogP contribution in [0.5, 0.6) is 23.0 Å². The first-order valence-corrected chi connectivity index (χ1v) is 10.4. The Morgan fingerprint density at radius 1 is 0.939 bits per heavy atom. The summed E-state index contributed by atoms with van der Waals surface area (Å²) in [4.78, 5) is 17.6. The van der Waals surface area contributed by atoms with E-state index in [9.17, 15) is 4.79 Å². The second kappa shape index (κ2) is 8.70. The molecule has 0 fully saturated rings. The first-order valence-electron chi connectivity index (χ1n) is 10.4. The third-order valence-corrected chi connectivity index (χ3v) is 5.55. The van der Waals surface area contributed by atoms with Gasteiger partial charge < -0.3 is 24.3 Å². The molecule has 0 bridgehead atoms. The summed E-state index contributed by atoms with van der Waals surface area (Å²) in [5.74, 6) is 2.55. The Labute approximate surface area is 190 Å². The van der Waals surface area contributed by atoms with E-state index in [1.165, 1.54) is 0 Å². The molecule has 7 nitrogen and oxygen atoms in total. The van der Waals surface area contributed by atoms with Gasteiger partial charge in [0, 0.05) is 6.54 Å². The van der Waals surface area contributed by atoms with Crippen molar-refractivity contribution in [2.75, 3.05) is 21.0 Å². The van der Waals surface area contributed by atoms with Crippen LogP contribution in [0.4, 0.5) is 0 Å². The van der Waals surface area contributed by atoms with Crippen LogP contribution in [-0.2, 0) is 6.54 Å². The van der Waals surface area contributed by atoms with Gasteiger partial charge in [-0.15, -0.1) is 0 Å². The molecular formula is C26H22N2O5. The van der Waals surface area contributed by atoms with E-state index in [-0.39, 0.29) is 12.7 Å². The molecule has 0 spiro atoms. The summed E-state index contributed by atoms with van der Waals surface area (Å²) >= 11 is 0. The molecule has 0 atom stereocenters. The lowest BCUT2D eigenvalue weighted by Crippen LogP contribution is -2.24. The molecule has 1 amide bonds. The lowest BCUT2D eigenvalue weighted by atomic mass is 9.98. The van der Waals surface area contributed by atoms with Gasteiger partial charge in [-0.25, -0.2) is 4.98 Å². The summed E-state index contributed by atoms with van der Waals surface area (Å²) in [6.45, 7) is 0.530. The fourth-order valence-corrected chi connectivity index (χ4v) is 3.82. The Balaban J connectivity index is 1.52. The molecule has 1 aliphatic rings. The number of benzene rings is 3. The van der Waals surface area contributed by atoms with Crippen molar-refractivity contribution in [2.24, 2.45) is 0 Å². The van der Waals surface area contributed by atoms with Gasteiger partial charge >= 0.3 is 0 Å². The Morgan fingerprint density at radius 2 is 1.64 bits per heavy atom. The SMILES string of the molecule is COc1ccc(CNC(=O)c2cc(-c3ccc(OC)cc3)c3c4c(ccc3n2)OCO4)cc1. The van der Waals surface area contributed by atoms with Gasteiger partial charge in [-0.3, -0.25) is 4.79 Å². The number of nitrogens with zero attached hydrogens (tertiary/aromatic N) is 1. The monoisotopic (exact) mass is 442 g/mol. The molecule has 0 radical (unpaired) electrons. The van der Waals surface area contributed by atoms with E-state index in [2.05, 4.69) is 10.3 Å². The summed E-state index contributed by atoms with van der Waals surface area (Å²) in [5.41, 5.74) is 3.68. The third kappa shape index (κ3) is 4.01. The molecule has 33 heavy (non-hydrogen) atoms. The van der Waals surface area contributed by atoms with E-state index in [0.29, 0.717) is 29.3 Å². The van der Waals surface area contributed by atoms with E-state index < -0.39 is 0 Å². The number of methoxy groups -OCH3 is 2. The van der Waals surface area contributed by atoms with E-state index in [1.807, 2.05) is 60.7 Å². The second-order valence-corrected chi connectivity index (χ2v) is 7.51. The highest BCUT2D eigenvalue weighted by atomic mass is 16.7. The maximum absolute atomic E-state index is 13.0. The summed E-state index contributed by atoms with van der Waals surface area (Å²) in [5, 5.41) is 3.76. The minimum atomic E-state index is -0.264. The molecule has 1 aliphatic heterocycles. The van der Waals surface area contributed by atoms with Gasteiger partial charge in [0.25, 0.3) is 5.91 Å². The molecule has 0 saturated carbocycles.